The Kier molecular flexibility index (Phi) is 4.13. The lowest BCUT2D eigenvalue weighted by Crippen LogP contribution is -2.34. The topological polar surface area (TPSA) is 20.3 Å². The van der Waals surface area contributed by atoms with E-state index in [1.54, 1.807) is 0 Å². The second-order valence-electron chi connectivity index (χ2n) is 5.12. The summed E-state index contributed by atoms with van der Waals surface area (Å²) in [6.07, 6.45) is 2.28. The van der Waals surface area contributed by atoms with E-state index in [0.717, 1.165) is 45.5 Å². The first-order chi connectivity index (χ1) is 9.69. The van der Waals surface area contributed by atoms with Crippen LogP contribution in [0.5, 0.6) is 0 Å². The van der Waals surface area contributed by atoms with Gasteiger partial charge in [-0.25, -0.2) is 0 Å². The van der Waals surface area contributed by atoms with Gasteiger partial charge in [-0.05, 0) is 47.9 Å². The van der Waals surface area contributed by atoms with E-state index in [2.05, 4.69) is 37.9 Å². The summed E-state index contributed by atoms with van der Waals surface area (Å²) in [4.78, 5) is 14.6. The lowest BCUT2D eigenvalue weighted by Gasteiger charge is -2.21. The fraction of sp³-hybridized carbons (Fsp3) is 0.312. The molecular weight excluding hydrogens is 382 g/mol. The van der Waals surface area contributed by atoms with Crippen LogP contribution in [-0.2, 0) is 0 Å². The van der Waals surface area contributed by atoms with Gasteiger partial charge in [-0.1, -0.05) is 44.0 Å². The van der Waals surface area contributed by atoms with Gasteiger partial charge < -0.3 is 4.90 Å². The maximum absolute atomic E-state index is 12.6. The SMILES string of the molecule is O=C(c1ccc2cc(Br)ccc2c1)N(CCBr)C1CC1. The number of fused-ring (bicyclic) bond motifs is 1. The minimum absolute atomic E-state index is 0.150. The molecule has 2 aromatic rings. The normalized spacial score (nSPS) is 14.5. The Hall–Kier alpha value is -0.870. The Balaban J connectivity index is 1.92. The van der Waals surface area contributed by atoms with Crippen LogP contribution in [0.25, 0.3) is 10.8 Å². The van der Waals surface area contributed by atoms with Crippen molar-refractivity contribution in [3.05, 3.63) is 46.4 Å². The molecule has 1 fully saturated rings. The van der Waals surface area contributed by atoms with Gasteiger partial charge >= 0.3 is 0 Å². The smallest absolute Gasteiger partial charge is 0.254 e. The highest BCUT2D eigenvalue weighted by Gasteiger charge is 2.32. The summed E-state index contributed by atoms with van der Waals surface area (Å²) < 4.78 is 1.06. The molecule has 0 bridgehead atoms. The number of alkyl halides is 1. The maximum atomic E-state index is 12.6. The van der Waals surface area contributed by atoms with Crippen molar-refractivity contribution in [3.8, 4) is 0 Å². The maximum Gasteiger partial charge on any atom is 0.254 e. The van der Waals surface area contributed by atoms with Crippen molar-refractivity contribution in [3.63, 3.8) is 0 Å². The molecule has 0 N–H and O–H groups in total. The zero-order chi connectivity index (χ0) is 14.1. The molecule has 0 atom stereocenters. The second-order valence-corrected chi connectivity index (χ2v) is 6.83. The first kappa shape index (κ1) is 14.1. The zero-order valence-electron chi connectivity index (χ0n) is 11.0. The van der Waals surface area contributed by atoms with Crippen LogP contribution in [0.4, 0.5) is 0 Å². The van der Waals surface area contributed by atoms with Crippen molar-refractivity contribution in [1.82, 2.24) is 4.90 Å². The standard InChI is InChI=1S/C16H15Br2NO/c17-7-8-19(15-5-6-15)16(20)13-2-1-12-10-14(18)4-3-11(12)9-13/h1-4,9-10,15H,5-8H2. The highest BCUT2D eigenvalue weighted by Crippen LogP contribution is 2.29. The average Bonchev–Trinajstić information content (AvgIpc) is 3.28. The molecule has 1 saturated carbocycles. The quantitative estimate of drug-likeness (QED) is 0.691. The molecule has 0 heterocycles. The number of amides is 1. The van der Waals surface area contributed by atoms with Crippen molar-refractivity contribution in [2.24, 2.45) is 0 Å². The third-order valence-electron chi connectivity index (χ3n) is 3.62. The van der Waals surface area contributed by atoms with Gasteiger partial charge in [0.25, 0.3) is 5.91 Å². The highest BCUT2D eigenvalue weighted by molar-refractivity contribution is 9.10. The van der Waals surface area contributed by atoms with E-state index in [9.17, 15) is 4.79 Å². The Labute approximate surface area is 135 Å². The van der Waals surface area contributed by atoms with Crippen LogP contribution >= 0.6 is 31.9 Å². The minimum Gasteiger partial charge on any atom is -0.335 e. The molecule has 0 aromatic heterocycles. The molecule has 0 spiro atoms. The molecule has 20 heavy (non-hydrogen) atoms. The summed E-state index contributed by atoms with van der Waals surface area (Å²) in [7, 11) is 0. The number of halogens is 2. The largest absolute Gasteiger partial charge is 0.335 e. The number of carbonyl (C=O) groups is 1. The van der Waals surface area contributed by atoms with Crippen molar-refractivity contribution in [2.45, 2.75) is 18.9 Å². The number of hydrogen-bond acceptors (Lipinski definition) is 1. The molecule has 2 aromatic carbocycles. The van der Waals surface area contributed by atoms with Crippen LogP contribution in [0.1, 0.15) is 23.2 Å². The molecule has 0 unspecified atom stereocenters. The molecule has 0 aliphatic heterocycles. The van der Waals surface area contributed by atoms with E-state index in [4.69, 9.17) is 0 Å². The predicted octanol–water partition coefficient (Wildman–Crippen LogP) is 4.60. The predicted molar refractivity (Wildman–Crippen MR) is 89.5 cm³/mol. The summed E-state index contributed by atoms with van der Waals surface area (Å²) in [6.45, 7) is 0.780. The number of rotatable bonds is 4. The number of nitrogens with zero attached hydrogens (tertiary/aromatic N) is 1. The fourth-order valence-electron chi connectivity index (χ4n) is 2.44. The molecule has 104 valence electrons. The highest BCUT2D eigenvalue weighted by atomic mass is 79.9. The molecule has 4 heteroatoms. The Bertz CT molecular complexity index is 652. The first-order valence-electron chi connectivity index (χ1n) is 6.75. The summed E-state index contributed by atoms with van der Waals surface area (Å²) in [6, 6.07) is 12.5. The van der Waals surface area contributed by atoms with E-state index in [1.807, 2.05) is 35.2 Å². The van der Waals surface area contributed by atoms with Crippen molar-refractivity contribution in [2.75, 3.05) is 11.9 Å². The number of carbonyl (C=O) groups excluding carboxylic acids is 1. The summed E-state index contributed by atoms with van der Waals surface area (Å²) in [5.41, 5.74) is 0.785. The molecule has 2 nitrogen and oxygen atoms in total. The van der Waals surface area contributed by atoms with Gasteiger partial charge in [-0.3, -0.25) is 4.79 Å². The summed E-state index contributed by atoms with van der Waals surface area (Å²) in [5, 5.41) is 3.08. The Morgan fingerprint density at radius 2 is 1.85 bits per heavy atom. The average molecular weight is 397 g/mol. The van der Waals surface area contributed by atoms with E-state index in [0.29, 0.717) is 6.04 Å². The van der Waals surface area contributed by atoms with Crippen molar-refractivity contribution < 1.29 is 4.79 Å². The lowest BCUT2D eigenvalue weighted by molar-refractivity contribution is 0.0755. The molecule has 1 amide bonds. The number of hydrogen-bond donors (Lipinski definition) is 0. The van der Waals surface area contributed by atoms with Gasteiger partial charge in [0.1, 0.15) is 0 Å². The van der Waals surface area contributed by atoms with Crippen LogP contribution in [0.3, 0.4) is 0 Å². The van der Waals surface area contributed by atoms with E-state index >= 15 is 0 Å². The third-order valence-corrected chi connectivity index (χ3v) is 4.47. The Morgan fingerprint density at radius 3 is 2.55 bits per heavy atom. The Morgan fingerprint density at radius 1 is 1.15 bits per heavy atom. The van der Waals surface area contributed by atoms with Crippen molar-refractivity contribution >= 4 is 48.5 Å². The van der Waals surface area contributed by atoms with Crippen LogP contribution in [0.15, 0.2) is 40.9 Å². The molecular formula is C16H15Br2NO. The minimum atomic E-state index is 0.150. The second kappa shape index (κ2) is 5.86. The van der Waals surface area contributed by atoms with Gasteiger partial charge in [-0.15, -0.1) is 0 Å². The van der Waals surface area contributed by atoms with Gasteiger partial charge in [0.2, 0.25) is 0 Å². The monoisotopic (exact) mass is 395 g/mol. The summed E-state index contributed by atoms with van der Waals surface area (Å²) in [5.74, 6) is 0.150. The molecule has 0 radical (unpaired) electrons. The number of benzene rings is 2. The van der Waals surface area contributed by atoms with Gasteiger partial charge in [0.15, 0.2) is 0 Å². The van der Waals surface area contributed by atoms with Crippen LogP contribution in [0, 0.1) is 0 Å². The third kappa shape index (κ3) is 2.91. The van der Waals surface area contributed by atoms with E-state index < -0.39 is 0 Å². The molecule has 0 saturated heterocycles. The van der Waals surface area contributed by atoms with Crippen LogP contribution in [0.2, 0.25) is 0 Å². The zero-order valence-corrected chi connectivity index (χ0v) is 14.2. The summed E-state index contributed by atoms with van der Waals surface area (Å²) >= 11 is 6.91. The van der Waals surface area contributed by atoms with Crippen LogP contribution < -0.4 is 0 Å². The fourth-order valence-corrected chi connectivity index (χ4v) is 3.20. The van der Waals surface area contributed by atoms with Gasteiger partial charge in [-0.2, -0.15) is 0 Å². The lowest BCUT2D eigenvalue weighted by atomic mass is 10.1. The van der Waals surface area contributed by atoms with E-state index in [-0.39, 0.29) is 5.91 Å². The van der Waals surface area contributed by atoms with Gasteiger partial charge in [0, 0.05) is 28.0 Å². The van der Waals surface area contributed by atoms with Gasteiger partial charge in [0.05, 0.1) is 0 Å². The first-order valence-corrected chi connectivity index (χ1v) is 8.67. The van der Waals surface area contributed by atoms with Crippen molar-refractivity contribution in [1.29, 1.82) is 0 Å². The molecule has 1 aliphatic carbocycles. The van der Waals surface area contributed by atoms with E-state index in [1.165, 1.54) is 0 Å². The van der Waals surface area contributed by atoms with Crippen LogP contribution in [-0.4, -0.2) is 28.7 Å². The molecule has 3 rings (SSSR count). The molecule has 1 aliphatic rings.